The van der Waals surface area contributed by atoms with E-state index in [2.05, 4.69) is 10.4 Å². The van der Waals surface area contributed by atoms with Crippen molar-refractivity contribution in [1.82, 2.24) is 10.4 Å². The molecule has 3 aromatic rings. The van der Waals surface area contributed by atoms with Crippen molar-refractivity contribution < 1.29 is 13.6 Å². The van der Waals surface area contributed by atoms with Crippen molar-refractivity contribution in [1.29, 1.82) is 0 Å². The first-order valence-electron chi connectivity index (χ1n) is 5.83. The monoisotopic (exact) mass is 289 g/mol. The minimum absolute atomic E-state index is 0.382. The van der Waals surface area contributed by atoms with E-state index in [9.17, 15) is 4.79 Å². The number of carbonyl (C=O) groups is 1. The molecule has 6 nitrogen and oxygen atoms in total. The highest BCUT2D eigenvalue weighted by atomic mass is 32.2. The Labute approximate surface area is 118 Å². The Kier molecular flexibility index (Phi) is 3.44. The van der Waals surface area contributed by atoms with Crippen LogP contribution in [0.5, 0.6) is 0 Å². The number of nitrogen functional groups attached to an aromatic ring is 1. The van der Waals surface area contributed by atoms with Crippen LogP contribution in [0.2, 0.25) is 0 Å². The SMILES string of the molecule is NNC(=O)c1ccoc1CSc1nc2ccccc2o1. The van der Waals surface area contributed by atoms with Gasteiger partial charge in [0.05, 0.1) is 17.6 Å². The van der Waals surface area contributed by atoms with Crippen LogP contribution in [0.25, 0.3) is 11.1 Å². The summed E-state index contributed by atoms with van der Waals surface area (Å²) in [7, 11) is 0. The Morgan fingerprint density at radius 3 is 3.00 bits per heavy atom. The molecule has 0 unspecified atom stereocenters. The number of aromatic nitrogens is 1. The maximum absolute atomic E-state index is 11.5. The molecule has 0 spiro atoms. The van der Waals surface area contributed by atoms with Crippen LogP contribution in [0.4, 0.5) is 0 Å². The Balaban J connectivity index is 1.76. The van der Waals surface area contributed by atoms with Crippen LogP contribution in [0.15, 0.2) is 50.7 Å². The number of nitrogens with zero attached hydrogens (tertiary/aromatic N) is 1. The average molecular weight is 289 g/mol. The highest BCUT2D eigenvalue weighted by Gasteiger charge is 2.15. The van der Waals surface area contributed by atoms with Gasteiger partial charge in [0.1, 0.15) is 11.3 Å². The van der Waals surface area contributed by atoms with Crippen molar-refractivity contribution >= 4 is 28.8 Å². The first kappa shape index (κ1) is 12.8. The number of para-hydroxylation sites is 2. The third kappa shape index (κ3) is 2.40. The smallest absolute Gasteiger partial charge is 0.268 e. The normalized spacial score (nSPS) is 10.8. The number of carbonyl (C=O) groups excluding carboxylic acids is 1. The Bertz CT molecular complexity index is 717. The summed E-state index contributed by atoms with van der Waals surface area (Å²) in [5.74, 6) is 5.69. The molecule has 3 rings (SSSR count). The Morgan fingerprint density at radius 2 is 2.20 bits per heavy atom. The summed E-state index contributed by atoms with van der Waals surface area (Å²) in [5.41, 5.74) is 4.02. The van der Waals surface area contributed by atoms with E-state index in [0.29, 0.717) is 22.3 Å². The second-order valence-electron chi connectivity index (χ2n) is 3.97. The zero-order chi connectivity index (χ0) is 13.9. The standard InChI is InChI=1S/C13H11N3O3S/c14-16-12(17)8-5-6-18-11(8)7-20-13-15-9-3-1-2-4-10(9)19-13/h1-6H,7,14H2,(H,16,17). The molecule has 0 fully saturated rings. The van der Waals surface area contributed by atoms with Gasteiger partial charge in [0.2, 0.25) is 0 Å². The van der Waals surface area contributed by atoms with E-state index in [4.69, 9.17) is 14.7 Å². The van der Waals surface area contributed by atoms with Crippen molar-refractivity contribution in [2.75, 3.05) is 0 Å². The Morgan fingerprint density at radius 1 is 1.35 bits per heavy atom. The van der Waals surface area contributed by atoms with Gasteiger partial charge >= 0.3 is 0 Å². The van der Waals surface area contributed by atoms with Crippen LogP contribution in [0.3, 0.4) is 0 Å². The number of benzene rings is 1. The summed E-state index contributed by atoms with van der Waals surface area (Å²) in [6.45, 7) is 0. The van der Waals surface area contributed by atoms with Gasteiger partial charge in [-0.3, -0.25) is 10.2 Å². The van der Waals surface area contributed by atoms with Gasteiger partial charge in [-0.05, 0) is 18.2 Å². The molecule has 1 amide bonds. The van der Waals surface area contributed by atoms with E-state index in [1.54, 1.807) is 6.07 Å². The van der Waals surface area contributed by atoms with Crippen molar-refractivity contribution in [2.45, 2.75) is 11.0 Å². The van der Waals surface area contributed by atoms with E-state index in [0.717, 1.165) is 11.1 Å². The molecule has 0 aliphatic rings. The van der Waals surface area contributed by atoms with Gasteiger partial charge in [-0.2, -0.15) is 0 Å². The topological polar surface area (TPSA) is 94.3 Å². The lowest BCUT2D eigenvalue weighted by atomic mass is 10.2. The van der Waals surface area contributed by atoms with Crippen molar-refractivity contribution in [3.63, 3.8) is 0 Å². The van der Waals surface area contributed by atoms with Gasteiger partial charge < -0.3 is 8.83 Å². The number of amides is 1. The summed E-state index contributed by atoms with van der Waals surface area (Å²) >= 11 is 1.35. The average Bonchev–Trinajstić information content (AvgIpc) is 3.10. The summed E-state index contributed by atoms with van der Waals surface area (Å²) in [6.07, 6.45) is 1.45. The van der Waals surface area contributed by atoms with Crippen molar-refractivity contribution in [3.8, 4) is 0 Å². The number of oxazole rings is 1. The van der Waals surface area contributed by atoms with Crippen LogP contribution in [0, 0.1) is 0 Å². The van der Waals surface area contributed by atoms with E-state index in [-0.39, 0.29) is 5.91 Å². The molecule has 0 aliphatic carbocycles. The molecule has 0 bridgehead atoms. The number of furan rings is 1. The number of hydrogen-bond donors (Lipinski definition) is 2. The van der Waals surface area contributed by atoms with Gasteiger partial charge in [-0.25, -0.2) is 10.8 Å². The molecule has 0 saturated heterocycles. The predicted octanol–water partition coefficient (Wildman–Crippen LogP) is 2.32. The summed E-state index contributed by atoms with van der Waals surface area (Å²) in [5, 5.41) is 0.529. The van der Waals surface area contributed by atoms with Gasteiger partial charge in [-0.15, -0.1) is 0 Å². The second-order valence-corrected chi connectivity index (χ2v) is 4.89. The third-order valence-corrected chi connectivity index (χ3v) is 3.55. The number of hydrazine groups is 1. The zero-order valence-electron chi connectivity index (χ0n) is 10.3. The van der Waals surface area contributed by atoms with Gasteiger partial charge in [0.15, 0.2) is 5.58 Å². The first-order valence-corrected chi connectivity index (χ1v) is 6.82. The van der Waals surface area contributed by atoms with Gasteiger partial charge in [-0.1, -0.05) is 23.9 Å². The van der Waals surface area contributed by atoms with Crippen molar-refractivity contribution in [3.05, 3.63) is 47.9 Å². The molecule has 0 saturated carbocycles. The molecule has 0 atom stereocenters. The number of fused-ring (bicyclic) bond motifs is 1. The lowest BCUT2D eigenvalue weighted by Crippen LogP contribution is -2.30. The fourth-order valence-electron chi connectivity index (χ4n) is 1.77. The molecular weight excluding hydrogens is 278 g/mol. The van der Waals surface area contributed by atoms with Crippen molar-refractivity contribution in [2.24, 2.45) is 5.84 Å². The fourth-order valence-corrected chi connectivity index (χ4v) is 2.56. The Hall–Kier alpha value is -2.25. The highest BCUT2D eigenvalue weighted by molar-refractivity contribution is 7.98. The van der Waals surface area contributed by atoms with Crippen LogP contribution >= 0.6 is 11.8 Å². The molecule has 20 heavy (non-hydrogen) atoms. The summed E-state index contributed by atoms with van der Waals surface area (Å²) in [4.78, 5) is 15.8. The first-order chi connectivity index (χ1) is 9.78. The number of hydrogen-bond acceptors (Lipinski definition) is 6. The number of thioether (sulfide) groups is 1. The summed E-state index contributed by atoms with van der Waals surface area (Å²) in [6, 6.07) is 9.09. The van der Waals surface area contributed by atoms with Gasteiger partial charge in [0, 0.05) is 0 Å². The van der Waals surface area contributed by atoms with Crippen LogP contribution in [-0.4, -0.2) is 10.9 Å². The molecule has 2 heterocycles. The maximum atomic E-state index is 11.5. The van der Waals surface area contributed by atoms with E-state index in [1.165, 1.54) is 18.0 Å². The van der Waals surface area contributed by atoms with Crippen LogP contribution in [-0.2, 0) is 5.75 Å². The van der Waals surface area contributed by atoms with E-state index >= 15 is 0 Å². The van der Waals surface area contributed by atoms with Crippen LogP contribution < -0.4 is 11.3 Å². The number of nitrogens with one attached hydrogen (secondary N) is 1. The van der Waals surface area contributed by atoms with E-state index < -0.39 is 0 Å². The quantitative estimate of drug-likeness (QED) is 0.331. The predicted molar refractivity (Wildman–Crippen MR) is 73.9 cm³/mol. The molecule has 102 valence electrons. The van der Waals surface area contributed by atoms with E-state index in [1.807, 2.05) is 24.3 Å². The van der Waals surface area contributed by atoms with Gasteiger partial charge in [0.25, 0.3) is 11.1 Å². The fraction of sp³-hybridized carbons (Fsp3) is 0.0769. The van der Waals surface area contributed by atoms with Crippen LogP contribution in [0.1, 0.15) is 16.1 Å². The third-order valence-electron chi connectivity index (χ3n) is 2.72. The molecular formula is C13H11N3O3S. The highest BCUT2D eigenvalue weighted by Crippen LogP contribution is 2.27. The minimum atomic E-state index is -0.382. The second kappa shape index (κ2) is 5.40. The molecule has 2 aromatic heterocycles. The summed E-state index contributed by atoms with van der Waals surface area (Å²) < 4.78 is 10.9. The minimum Gasteiger partial charge on any atom is -0.468 e. The molecule has 1 aromatic carbocycles. The lowest BCUT2D eigenvalue weighted by Gasteiger charge is -1.99. The number of nitrogens with two attached hydrogens (primary N) is 1. The lowest BCUT2D eigenvalue weighted by molar-refractivity contribution is 0.0952. The molecule has 0 radical (unpaired) electrons. The largest absolute Gasteiger partial charge is 0.468 e. The molecule has 0 aliphatic heterocycles. The molecule has 7 heteroatoms. The molecule has 3 N–H and O–H groups in total. The number of rotatable bonds is 4. The maximum Gasteiger partial charge on any atom is 0.268 e. The zero-order valence-corrected chi connectivity index (χ0v) is 11.1.